The van der Waals surface area contributed by atoms with Crippen LogP contribution in [0.1, 0.15) is 18.5 Å². The lowest BCUT2D eigenvalue weighted by Gasteiger charge is -1.99. The van der Waals surface area contributed by atoms with Crippen molar-refractivity contribution in [2.24, 2.45) is 0 Å². The minimum Gasteiger partial charge on any atom is -0.385 e. The number of ether oxygens (including phenoxy) is 1. The molecular weight excluding hydrogens is 202 g/mol. The summed E-state index contributed by atoms with van der Waals surface area (Å²) in [5.74, 6) is 0.600. The highest BCUT2D eigenvalue weighted by Crippen LogP contribution is 1.98. The normalized spacial score (nSPS) is 10.7. The van der Waals surface area contributed by atoms with E-state index in [1.807, 2.05) is 10.9 Å². The number of rotatable bonds is 7. The molecule has 1 rings (SSSR count). The Morgan fingerprint density at radius 3 is 3.07 bits per heavy atom. The summed E-state index contributed by atoms with van der Waals surface area (Å²) in [6.07, 6.45) is 4.87. The lowest BCUT2D eigenvalue weighted by atomic mass is 10.3. The molecule has 0 amide bonds. The van der Waals surface area contributed by atoms with Gasteiger partial charge >= 0.3 is 0 Å². The van der Waals surface area contributed by atoms with Gasteiger partial charge in [-0.15, -0.1) is 16.7 Å². The maximum absolute atomic E-state index is 5.60. The van der Waals surface area contributed by atoms with Gasteiger partial charge in [0.2, 0.25) is 0 Å². The van der Waals surface area contributed by atoms with Crippen LogP contribution in [0, 0.1) is 0 Å². The molecule has 0 aliphatic rings. The Morgan fingerprint density at radius 2 is 2.36 bits per heavy atom. The number of halogens is 1. The van der Waals surface area contributed by atoms with Crippen molar-refractivity contribution in [3.63, 3.8) is 0 Å². The summed E-state index contributed by atoms with van der Waals surface area (Å²) >= 11 is 5.60. The highest BCUT2D eigenvalue weighted by Gasteiger charge is 1.99. The van der Waals surface area contributed by atoms with Crippen molar-refractivity contribution in [3.05, 3.63) is 11.9 Å². The molecule has 0 bridgehead atoms. The van der Waals surface area contributed by atoms with Gasteiger partial charge in [-0.25, -0.2) is 0 Å². The minimum absolute atomic E-state index is 0.600. The molecule has 1 aromatic rings. The summed E-state index contributed by atoms with van der Waals surface area (Å²) in [5, 5.41) is 8.00. The molecular formula is C9H16ClN3O. The minimum atomic E-state index is 0.600. The molecule has 0 aromatic carbocycles. The first kappa shape index (κ1) is 11.5. The van der Waals surface area contributed by atoms with Crippen molar-refractivity contribution in [1.29, 1.82) is 0 Å². The Kier molecular flexibility index (Phi) is 5.56. The highest BCUT2D eigenvalue weighted by molar-refractivity contribution is 6.17. The van der Waals surface area contributed by atoms with E-state index in [0.29, 0.717) is 5.88 Å². The summed E-state index contributed by atoms with van der Waals surface area (Å²) in [7, 11) is 1.72. The lowest BCUT2D eigenvalue weighted by molar-refractivity contribution is 0.191. The van der Waals surface area contributed by atoms with Gasteiger partial charge < -0.3 is 4.74 Å². The number of methoxy groups -OCH3 is 1. The molecule has 0 fully saturated rings. The number of hydrogen-bond donors (Lipinski definition) is 0. The molecule has 0 saturated carbocycles. The Balaban J connectivity index is 2.22. The molecule has 0 N–H and O–H groups in total. The van der Waals surface area contributed by atoms with Crippen molar-refractivity contribution in [2.45, 2.75) is 25.8 Å². The van der Waals surface area contributed by atoms with Crippen LogP contribution < -0.4 is 0 Å². The number of hydrogen-bond acceptors (Lipinski definition) is 3. The molecule has 14 heavy (non-hydrogen) atoms. The van der Waals surface area contributed by atoms with E-state index in [-0.39, 0.29) is 0 Å². The Hall–Kier alpha value is -0.610. The third kappa shape index (κ3) is 4.07. The molecule has 0 aliphatic carbocycles. The second kappa shape index (κ2) is 6.79. The fourth-order valence-electron chi connectivity index (χ4n) is 1.18. The van der Waals surface area contributed by atoms with Gasteiger partial charge in [-0.2, -0.15) is 0 Å². The van der Waals surface area contributed by atoms with E-state index in [1.165, 1.54) is 0 Å². The number of alkyl halides is 1. The fraction of sp³-hybridized carbons (Fsp3) is 0.778. The molecule has 1 aromatic heterocycles. The zero-order chi connectivity index (χ0) is 10.2. The Labute approximate surface area is 89.2 Å². The van der Waals surface area contributed by atoms with Crippen LogP contribution in [-0.2, 0) is 17.7 Å². The molecule has 0 atom stereocenters. The first-order valence-corrected chi connectivity index (χ1v) is 5.34. The van der Waals surface area contributed by atoms with Gasteiger partial charge in [0.1, 0.15) is 0 Å². The molecule has 80 valence electrons. The third-order valence-corrected chi connectivity index (χ3v) is 2.11. The largest absolute Gasteiger partial charge is 0.385 e. The predicted molar refractivity (Wildman–Crippen MR) is 55.6 cm³/mol. The summed E-state index contributed by atoms with van der Waals surface area (Å²) in [4.78, 5) is 0. The van der Waals surface area contributed by atoms with Gasteiger partial charge in [0.25, 0.3) is 0 Å². The second-order valence-electron chi connectivity index (χ2n) is 3.11. The summed E-state index contributed by atoms with van der Waals surface area (Å²) in [6.45, 7) is 1.71. The maximum Gasteiger partial charge on any atom is 0.0839 e. The van der Waals surface area contributed by atoms with Crippen molar-refractivity contribution < 1.29 is 4.74 Å². The second-order valence-corrected chi connectivity index (χ2v) is 3.49. The van der Waals surface area contributed by atoms with Gasteiger partial charge in [-0.05, 0) is 12.8 Å². The maximum atomic E-state index is 5.60. The molecule has 4 nitrogen and oxygen atoms in total. The average molecular weight is 218 g/mol. The highest BCUT2D eigenvalue weighted by atomic mass is 35.5. The Morgan fingerprint density at radius 1 is 1.50 bits per heavy atom. The topological polar surface area (TPSA) is 39.9 Å². The monoisotopic (exact) mass is 217 g/mol. The fourth-order valence-corrected chi connectivity index (χ4v) is 1.37. The van der Waals surface area contributed by atoms with Gasteiger partial charge in [0, 0.05) is 38.8 Å². The SMILES string of the molecule is COCCCCn1cc(CCCl)nn1. The quantitative estimate of drug-likeness (QED) is 0.513. The van der Waals surface area contributed by atoms with Crippen LogP contribution in [0.15, 0.2) is 6.20 Å². The van der Waals surface area contributed by atoms with Gasteiger partial charge in [0.15, 0.2) is 0 Å². The van der Waals surface area contributed by atoms with Crippen LogP contribution >= 0.6 is 11.6 Å². The molecule has 5 heteroatoms. The van der Waals surface area contributed by atoms with E-state index in [1.54, 1.807) is 7.11 Å². The van der Waals surface area contributed by atoms with Crippen LogP contribution in [-0.4, -0.2) is 34.6 Å². The van der Waals surface area contributed by atoms with E-state index in [0.717, 1.165) is 38.1 Å². The van der Waals surface area contributed by atoms with Gasteiger partial charge in [-0.1, -0.05) is 5.21 Å². The Bertz CT molecular complexity index is 252. The number of unbranched alkanes of at least 4 members (excludes halogenated alkanes) is 1. The third-order valence-electron chi connectivity index (χ3n) is 1.92. The van der Waals surface area contributed by atoms with E-state index in [2.05, 4.69) is 10.3 Å². The van der Waals surface area contributed by atoms with E-state index in [9.17, 15) is 0 Å². The van der Waals surface area contributed by atoms with Crippen LogP contribution in [0.2, 0.25) is 0 Å². The summed E-state index contributed by atoms with van der Waals surface area (Å²) in [6, 6.07) is 0. The van der Waals surface area contributed by atoms with Crippen LogP contribution in [0.3, 0.4) is 0 Å². The van der Waals surface area contributed by atoms with Crippen molar-refractivity contribution in [3.8, 4) is 0 Å². The zero-order valence-electron chi connectivity index (χ0n) is 8.45. The molecule has 0 unspecified atom stereocenters. The van der Waals surface area contributed by atoms with Gasteiger partial charge in [-0.3, -0.25) is 4.68 Å². The molecule has 1 heterocycles. The van der Waals surface area contributed by atoms with Crippen LogP contribution in [0.4, 0.5) is 0 Å². The first-order valence-electron chi connectivity index (χ1n) is 4.80. The predicted octanol–water partition coefficient (Wildman–Crippen LogP) is 1.49. The van der Waals surface area contributed by atoms with Gasteiger partial charge in [0.05, 0.1) is 5.69 Å². The van der Waals surface area contributed by atoms with Crippen LogP contribution in [0.5, 0.6) is 0 Å². The smallest absolute Gasteiger partial charge is 0.0839 e. The number of aryl methyl sites for hydroxylation is 2. The zero-order valence-corrected chi connectivity index (χ0v) is 9.20. The summed E-state index contributed by atoms with van der Waals surface area (Å²) in [5.41, 5.74) is 0.965. The van der Waals surface area contributed by atoms with Crippen LogP contribution in [0.25, 0.3) is 0 Å². The van der Waals surface area contributed by atoms with E-state index >= 15 is 0 Å². The van der Waals surface area contributed by atoms with Crippen molar-refractivity contribution in [2.75, 3.05) is 19.6 Å². The molecule has 0 saturated heterocycles. The molecule has 0 radical (unpaired) electrons. The lowest BCUT2D eigenvalue weighted by Crippen LogP contribution is -2.00. The van der Waals surface area contributed by atoms with Crippen molar-refractivity contribution in [1.82, 2.24) is 15.0 Å². The van der Waals surface area contributed by atoms with E-state index in [4.69, 9.17) is 16.3 Å². The average Bonchev–Trinajstić information content (AvgIpc) is 2.61. The number of nitrogens with zero attached hydrogens (tertiary/aromatic N) is 3. The molecule has 0 aliphatic heterocycles. The summed E-state index contributed by atoms with van der Waals surface area (Å²) < 4.78 is 6.82. The van der Waals surface area contributed by atoms with E-state index < -0.39 is 0 Å². The van der Waals surface area contributed by atoms with Crippen molar-refractivity contribution >= 4 is 11.6 Å². The first-order chi connectivity index (χ1) is 6.86. The molecule has 0 spiro atoms. The standard InChI is InChI=1S/C9H16ClN3O/c1-14-7-3-2-6-13-8-9(4-5-10)11-12-13/h8H,2-7H2,1H3. The number of aromatic nitrogens is 3.